The van der Waals surface area contributed by atoms with E-state index in [-0.39, 0.29) is 25.7 Å². The van der Waals surface area contributed by atoms with E-state index in [1.54, 1.807) is 6.08 Å². The van der Waals surface area contributed by atoms with Crippen molar-refractivity contribution < 1.29 is 28.4 Å². The number of nitrogens with one attached hydrogen (secondary N) is 1. The second kappa shape index (κ2) is 33.9. The molecule has 1 amide bonds. The molecule has 0 aromatic rings. The summed E-state index contributed by atoms with van der Waals surface area (Å²) in [5, 5.41) is 13.6. The van der Waals surface area contributed by atoms with E-state index < -0.39 is 20.0 Å². The third kappa shape index (κ3) is 31.6. The van der Waals surface area contributed by atoms with E-state index >= 15 is 0 Å². The molecule has 0 aromatic carbocycles. The molecule has 0 saturated heterocycles. The smallest absolute Gasteiger partial charge is 0.387 e. The lowest BCUT2D eigenvalue weighted by molar-refractivity contribution is -0.123. The maximum Gasteiger partial charge on any atom is 0.472 e. The summed E-state index contributed by atoms with van der Waals surface area (Å²) in [7, 11) is -4.33. The number of phosphoric ester groups is 1. The minimum absolute atomic E-state index is 0.0777. The number of phosphoric acid groups is 1. The lowest BCUT2D eigenvalue weighted by atomic mass is 10.0. The van der Waals surface area contributed by atoms with Crippen LogP contribution in [0.25, 0.3) is 0 Å². The number of aliphatic hydroxyl groups is 1. The highest BCUT2D eigenvalue weighted by Gasteiger charge is 2.26. The Labute approximate surface area is 283 Å². The molecule has 0 fully saturated rings. The topological polar surface area (TPSA) is 131 Å². The van der Waals surface area contributed by atoms with Gasteiger partial charge in [-0.1, -0.05) is 154 Å². The fourth-order valence-electron chi connectivity index (χ4n) is 5.37. The van der Waals surface area contributed by atoms with Crippen LogP contribution in [0.3, 0.4) is 0 Å². The van der Waals surface area contributed by atoms with Crippen LogP contribution in [0, 0.1) is 0 Å². The lowest BCUT2D eigenvalue weighted by Gasteiger charge is -2.23. The van der Waals surface area contributed by atoms with Crippen LogP contribution in [-0.2, 0) is 18.4 Å². The van der Waals surface area contributed by atoms with E-state index in [0.717, 1.165) is 64.2 Å². The normalized spacial score (nSPS) is 14.6. The van der Waals surface area contributed by atoms with Gasteiger partial charge in [0.15, 0.2) is 0 Å². The Hall–Kier alpha value is -1.02. The Balaban J connectivity index is 4.28. The Morgan fingerprint density at radius 2 is 1.17 bits per heavy atom. The quantitative estimate of drug-likeness (QED) is 0.0299. The Morgan fingerprint density at radius 1 is 0.696 bits per heavy atom. The van der Waals surface area contributed by atoms with Gasteiger partial charge in [0.2, 0.25) is 5.91 Å². The number of aliphatic hydroxyl groups excluding tert-OH is 1. The van der Waals surface area contributed by atoms with Gasteiger partial charge in [-0.3, -0.25) is 13.8 Å². The van der Waals surface area contributed by atoms with Crippen molar-refractivity contribution in [2.45, 2.75) is 187 Å². The van der Waals surface area contributed by atoms with E-state index in [1.807, 2.05) is 6.08 Å². The van der Waals surface area contributed by atoms with Gasteiger partial charge in [-0.05, 0) is 38.5 Å². The monoisotopic (exact) mass is 673 g/mol. The van der Waals surface area contributed by atoms with Crippen molar-refractivity contribution in [3.63, 3.8) is 0 Å². The van der Waals surface area contributed by atoms with Gasteiger partial charge in [0.1, 0.15) is 0 Å². The zero-order chi connectivity index (χ0) is 34.0. The highest BCUT2D eigenvalue weighted by molar-refractivity contribution is 7.47. The molecule has 0 bridgehead atoms. The molecular formula is C37H73N2O6P. The molecular weight excluding hydrogens is 599 g/mol. The minimum atomic E-state index is -4.33. The zero-order valence-corrected chi connectivity index (χ0v) is 30.7. The SMILES string of the molecule is CCC/C=C\CCCCCCCC(=O)NC(COP(=O)(O)OCCN)C(O)/C=C/CCCCCCCCCCCCCCCCC. The Bertz CT molecular complexity index is 779. The summed E-state index contributed by atoms with van der Waals surface area (Å²) < 4.78 is 22.0. The van der Waals surface area contributed by atoms with Gasteiger partial charge in [0, 0.05) is 13.0 Å². The molecule has 8 nitrogen and oxygen atoms in total. The van der Waals surface area contributed by atoms with Gasteiger partial charge in [0.25, 0.3) is 0 Å². The van der Waals surface area contributed by atoms with E-state index in [9.17, 15) is 19.4 Å². The van der Waals surface area contributed by atoms with Gasteiger partial charge in [-0.15, -0.1) is 0 Å². The molecule has 5 N–H and O–H groups in total. The van der Waals surface area contributed by atoms with Gasteiger partial charge in [-0.2, -0.15) is 0 Å². The van der Waals surface area contributed by atoms with Gasteiger partial charge in [-0.25, -0.2) is 4.57 Å². The highest BCUT2D eigenvalue weighted by Crippen LogP contribution is 2.43. The number of rotatable bonds is 35. The number of hydrogen-bond donors (Lipinski definition) is 4. The molecule has 9 heteroatoms. The number of unbranched alkanes of at least 4 members (excludes halogenated alkanes) is 21. The van der Waals surface area contributed by atoms with Crippen LogP contribution < -0.4 is 11.1 Å². The summed E-state index contributed by atoms with van der Waals surface area (Å²) in [6.07, 6.45) is 36.5. The van der Waals surface area contributed by atoms with Crippen LogP contribution in [0.4, 0.5) is 0 Å². The lowest BCUT2D eigenvalue weighted by Crippen LogP contribution is -2.45. The summed E-state index contributed by atoms with van der Waals surface area (Å²) in [5.74, 6) is -0.207. The summed E-state index contributed by atoms with van der Waals surface area (Å²) in [5.41, 5.74) is 5.35. The van der Waals surface area contributed by atoms with Gasteiger partial charge < -0.3 is 21.1 Å². The first-order valence-corrected chi connectivity index (χ1v) is 20.5. The predicted octanol–water partition coefficient (Wildman–Crippen LogP) is 9.83. The molecule has 0 aromatic heterocycles. The van der Waals surface area contributed by atoms with Crippen LogP contribution in [0.1, 0.15) is 174 Å². The largest absolute Gasteiger partial charge is 0.472 e. The van der Waals surface area contributed by atoms with Crippen molar-refractivity contribution in [2.24, 2.45) is 5.73 Å². The fourth-order valence-corrected chi connectivity index (χ4v) is 6.13. The molecule has 0 rings (SSSR count). The molecule has 0 aliphatic heterocycles. The highest BCUT2D eigenvalue weighted by atomic mass is 31.2. The average Bonchev–Trinajstić information content (AvgIpc) is 3.04. The molecule has 0 radical (unpaired) electrons. The van der Waals surface area contributed by atoms with Crippen molar-refractivity contribution in [3.05, 3.63) is 24.3 Å². The summed E-state index contributed by atoms with van der Waals surface area (Å²) in [6.45, 7) is 4.05. The number of amides is 1. The number of carbonyl (C=O) groups excluding carboxylic acids is 1. The van der Waals surface area contributed by atoms with Crippen LogP contribution in [0.2, 0.25) is 0 Å². The van der Waals surface area contributed by atoms with E-state index in [0.29, 0.717) is 6.42 Å². The standard InChI is InChI=1S/C37H73N2O6P/c1-3-5-7-9-11-13-15-16-17-18-19-20-21-22-24-26-28-30-36(40)35(34-45-46(42,43)44-33-32-38)39-37(41)31-29-27-25-23-14-12-10-8-6-4-2/h8,10,28,30,35-36,40H,3-7,9,11-27,29,31-34,38H2,1-2H3,(H,39,41)(H,42,43)/b10-8-,30-28+. The molecule has 0 spiro atoms. The summed E-state index contributed by atoms with van der Waals surface area (Å²) in [6, 6.07) is -0.860. The first-order valence-electron chi connectivity index (χ1n) is 19.0. The van der Waals surface area contributed by atoms with Crippen LogP contribution in [-0.4, -0.2) is 47.8 Å². The van der Waals surface area contributed by atoms with E-state index in [1.165, 1.54) is 89.9 Å². The number of carbonyl (C=O) groups is 1. The summed E-state index contributed by atoms with van der Waals surface area (Å²) in [4.78, 5) is 22.5. The van der Waals surface area contributed by atoms with Crippen LogP contribution in [0.15, 0.2) is 24.3 Å². The Morgan fingerprint density at radius 3 is 1.70 bits per heavy atom. The van der Waals surface area contributed by atoms with Crippen molar-refractivity contribution in [2.75, 3.05) is 19.8 Å². The van der Waals surface area contributed by atoms with Crippen molar-refractivity contribution in [1.29, 1.82) is 0 Å². The van der Waals surface area contributed by atoms with Crippen LogP contribution >= 0.6 is 7.82 Å². The average molecular weight is 673 g/mol. The second-order valence-electron chi connectivity index (χ2n) is 12.8. The maximum atomic E-state index is 12.6. The molecule has 0 aliphatic rings. The first kappa shape index (κ1) is 45.0. The zero-order valence-electron chi connectivity index (χ0n) is 29.8. The fraction of sp³-hybridized carbons (Fsp3) is 0.865. The molecule has 3 atom stereocenters. The van der Waals surface area contributed by atoms with E-state index in [2.05, 4.69) is 31.3 Å². The van der Waals surface area contributed by atoms with Crippen LogP contribution in [0.5, 0.6) is 0 Å². The molecule has 272 valence electrons. The van der Waals surface area contributed by atoms with E-state index in [4.69, 9.17) is 14.8 Å². The van der Waals surface area contributed by atoms with Crippen molar-refractivity contribution >= 4 is 13.7 Å². The number of hydrogen-bond acceptors (Lipinski definition) is 6. The third-order valence-corrected chi connectivity index (χ3v) is 9.24. The molecule has 3 unspecified atom stereocenters. The molecule has 0 heterocycles. The first-order chi connectivity index (χ1) is 22.4. The second-order valence-corrected chi connectivity index (χ2v) is 14.2. The molecule has 46 heavy (non-hydrogen) atoms. The van der Waals surface area contributed by atoms with Crippen molar-refractivity contribution in [3.8, 4) is 0 Å². The third-order valence-electron chi connectivity index (χ3n) is 8.25. The molecule has 0 aliphatic carbocycles. The van der Waals surface area contributed by atoms with Crippen molar-refractivity contribution in [1.82, 2.24) is 5.32 Å². The van der Waals surface area contributed by atoms with Gasteiger partial charge >= 0.3 is 7.82 Å². The van der Waals surface area contributed by atoms with Gasteiger partial charge in [0.05, 0.1) is 25.4 Å². The number of allylic oxidation sites excluding steroid dienone is 3. The number of nitrogens with two attached hydrogens (primary N) is 1. The summed E-state index contributed by atoms with van der Waals surface area (Å²) >= 11 is 0. The molecule has 0 saturated carbocycles. The maximum absolute atomic E-state index is 12.6. The minimum Gasteiger partial charge on any atom is -0.387 e. The predicted molar refractivity (Wildman–Crippen MR) is 194 cm³/mol. The Kier molecular flexibility index (Phi) is 33.1.